The van der Waals surface area contributed by atoms with Crippen LogP contribution >= 0.6 is 7.82 Å². The zero-order valence-corrected chi connectivity index (χ0v) is 40.1. The molecule has 0 heterocycles. The van der Waals surface area contributed by atoms with Gasteiger partial charge in [-0.15, -0.1) is 0 Å². The van der Waals surface area contributed by atoms with Crippen molar-refractivity contribution < 1.29 is 42.1 Å². The zero-order chi connectivity index (χ0) is 43.6. The summed E-state index contributed by atoms with van der Waals surface area (Å²) < 4.78 is 34.0. The molecule has 0 aliphatic heterocycles. The van der Waals surface area contributed by atoms with Gasteiger partial charge in [0.1, 0.15) is 19.8 Å². The smallest absolute Gasteiger partial charge is 0.306 e. The second-order valence-corrected chi connectivity index (χ2v) is 19.2. The van der Waals surface area contributed by atoms with Crippen LogP contribution in [-0.4, -0.2) is 70.0 Å². The maximum atomic E-state index is 12.7. The van der Waals surface area contributed by atoms with E-state index in [4.69, 9.17) is 18.5 Å². The van der Waals surface area contributed by atoms with Gasteiger partial charge in [-0.05, 0) is 44.9 Å². The van der Waals surface area contributed by atoms with Crippen molar-refractivity contribution in [1.29, 1.82) is 0 Å². The van der Waals surface area contributed by atoms with E-state index in [1.807, 2.05) is 21.1 Å². The summed E-state index contributed by atoms with van der Waals surface area (Å²) >= 11 is 0. The van der Waals surface area contributed by atoms with Gasteiger partial charge >= 0.3 is 11.9 Å². The molecule has 59 heavy (non-hydrogen) atoms. The van der Waals surface area contributed by atoms with Gasteiger partial charge in [0.25, 0.3) is 7.82 Å². The summed E-state index contributed by atoms with van der Waals surface area (Å²) in [5, 5.41) is 0. The molecule has 0 aliphatic carbocycles. The molecule has 0 fully saturated rings. The number of hydrogen-bond donors (Lipinski definition) is 0. The number of rotatable bonds is 45. The third-order valence-corrected chi connectivity index (χ3v) is 11.7. The minimum atomic E-state index is -4.63. The van der Waals surface area contributed by atoms with Crippen molar-refractivity contribution in [3.05, 3.63) is 24.3 Å². The molecule has 0 aromatic heterocycles. The maximum Gasteiger partial charge on any atom is 0.306 e. The van der Waals surface area contributed by atoms with Crippen molar-refractivity contribution in [3.8, 4) is 0 Å². The van der Waals surface area contributed by atoms with E-state index >= 15 is 0 Å². The number of phosphoric ester groups is 1. The molecule has 0 N–H and O–H groups in total. The highest BCUT2D eigenvalue weighted by molar-refractivity contribution is 7.45. The van der Waals surface area contributed by atoms with Gasteiger partial charge in [0, 0.05) is 12.8 Å². The molecule has 0 spiro atoms. The van der Waals surface area contributed by atoms with Crippen LogP contribution in [0.5, 0.6) is 0 Å². The van der Waals surface area contributed by atoms with Gasteiger partial charge in [-0.3, -0.25) is 14.2 Å². The molecule has 0 bridgehead atoms. The highest BCUT2D eigenvalue weighted by atomic mass is 31.2. The Morgan fingerprint density at radius 3 is 1.37 bits per heavy atom. The van der Waals surface area contributed by atoms with Crippen LogP contribution in [0.15, 0.2) is 24.3 Å². The summed E-state index contributed by atoms with van der Waals surface area (Å²) in [6.07, 6.45) is 46.3. The van der Waals surface area contributed by atoms with Crippen molar-refractivity contribution in [3.63, 3.8) is 0 Å². The van der Waals surface area contributed by atoms with E-state index in [0.29, 0.717) is 17.4 Å². The molecular weight excluding hydrogens is 762 g/mol. The summed E-state index contributed by atoms with van der Waals surface area (Å²) in [7, 11) is 1.16. The molecule has 0 aromatic rings. The van der Waals surface area contributed by atoms with Crippen LogP contribution in [0, 0.1) is 0 Å². The number of carbonyl (C=O) groups excluding carboxylic acids is 2. The van der Waals surface area contributed by atoms with E-state index in [9.17, 15) is 19.0 Å². The molecule has 0 aromatic carbocycles. The highest BCUT2D eigenvalue weighted by Gasteiger charge is 2.21. The highest BCUT2D eigenvalue weighted by Crippen LogP contribution is 2.38. The fourth-order valence-electron chi connectivity index (χ4n) is 6.86. The maximum absolute atomic E-state index is 12.7. The van der Waals surface area contributed by atoms with E-state index < -0.39 is 26.5 Å². The molecule has 0 amide bonds. The van der Waals surface area contributed by atoms with E-state index in [0.717, 1.165) is 57.8 Å². The summed E-state index contributed by atoms with van der Waals surface area (Å²) in [5.41, 5.74) is 0. The van der Waals surface area contributed by atoms with Gasteiger partial charge < -0.3 is 27.9 Å². The van der Waals surface area contributed by atoms with Crippen LogP contribution in [0.4, 0.5) is 0 Å². The fraction of sp³-hybridized carbons (Fsp3) is 0.878. The first-order valence-corrected chi connectivity index (χ1v) is 26.0. The van der Waals surface area contributed by atoms with Crippen LogP contribution in [0.25, 0.3) is 0 Å². The monoisotopic (exact) mass is 856 g/mol. The van der Waals surface area contributed by atoms with Crippen molar-refractivity contribution in [1.82, 2.24) is 0 Å². The van der Waals surface area contributed by atoms with Gasteiger partial charge in [0.05, 0.1) is 27.7 Å². The lowest BCUT2D eigenvalue weighted by atomic mass is 10.0. The third-order valence-electron chi connectivity index (χ3n) is 10.7. The van der Waals surface area contributed by atoms with E-state index in [2.05, 4.69) is 38.2 Å². The van der Waals surface area contributed by atoms with Crippen molar-refractivity contribution in [2.75, 3.05) is 47.5 Å². The Balaban J connectivity index is 4.25. The SMILES string of the molecule is CCCCC/C=C/C/C=C/CCCCCCCC(=O)O[C@H](COC(=O)CCCCCCCCCCCCCCCCCCCCCC)COP(=O)([O-])OCC[N+](C)(C)C. The second-order valence-electron chi connectivity index (χ2n) is 17.8. The summed E-state index contributed by atoms with van der Waals surface area (Å²) in [5.74, 6) is -0.840. The number of unbranched alkanes of at least 4 members (excludes halogenated alkanes) is 27. The van der Waals surface area contributed by atoms with Crippen LogP contribution < -0.4 is 4.89 Å². The lowest BCUT2D eigenvalue weighted by molar-refractivity contribution is -0.870. The average molecular weight is 856 g/mol. The lowest BCUT2D eigenvalue weighted by Gasteiger charge is -2.28. The Bertz CT molecular complexity index is 1060. The van der Waals surface area contributed by atoms with Crippen molar-refractivity contribution in [2.24, 2.45) is 0 Å². The van der Waals surface area contributed by atoms with Crippen LogP contribution in [0.3, 0.4) is 0 Å². The molecule has 0 saturated carbocycles. The number of likely N-dealkylation sites (N-methyl/N-ethyl adjacent to an activating group) is 1. The largest absolute Gasteiger partial charge is 0.756 e. The fourth-order valence-corrected chi connectivity index (χ4v) is 7.59. The first-order chi connectivity index (χ1) is 28.5. The predicted octanol–water partition coefficient (Wildman–Crippen LogP) is 13.7. The van der Waals surface area contributed by atoms with Gasteiger partial charge in [0.2, 0.25) is 0 Å². The van der Waals surface area contributed by atoms with Gasteiger partial charge in [-0.1, -0.05) is 192 Å². The molecule has 348 valence electrons. The number of esters is 2. The predicted molar refractivity (Wildman–Crippen MR) is 245 cm³/mol. The Hall–Kier alpha value is -1.51. The number of phosphoric acid groups is 1. The number of carbonyl (C=O) groups is 2. The number of ether oxygens (including phenoxy) is 2. The Kier molecular flexibility index (Phi) is 40.8. The molecule has 2 atom stereocenters. The minimum Gasteiger partial charge on any atom is -0.756 e. The molecular formula is C49H94NO8P. The number of hydrogen-bond acceptors (Lipinski definition) is 8. The third kappa shape index (κ3) is 45.8. The molecule has 9 nitrogen and oxygen atoms in total. The number of allylic oxidation sites excluding steroid dienone is 4. The Morgan fingerprint density at radius 1 is 0.525 bits per heavy atom. The van der Waals surface area contributed by atoms with Crippen LogP contribution in [0.2, 0.25) is 0 Å². The summed E-state index contributed by atoms with van der Waals surface area (Å²) in [4.78, 5) is 37.6. The lowest BCUT2D eigenvalue weighted by Crippen LogP contribution is -2.37. The first kappa shape index (κ1) is 57.5. The molecule has 0 radical (unpaired) electrons. The number of nitrogens with zero attached hydrogens (tertiary/aromatic N) is 1. The number of quaternary nitrogens is 1. The van der Waals surface area contributed by atoms with Gasteiger partial charge in [0.15, 0.2) is 6.10 Å². The Morgan fingerprint density at radius 2 is 0.915 bits per heavy atom. The average Bonchev–Trinajstić information content (AvgIpc) is 3.19. The normalized spacial score (nSPS) is 13.7. The first-order valence-electron chi connectivity index (χ1n) is 24.5. The van der Waals surface area contributed by atoms with Crippen LogP contribution in [-0.2, 0) is 32.7 Å². The van der Waals surface area contributed by atoms with E-state index in [1.54, 1.807) is 0 Å². The molecule has 0 rings (SSSR count). The van der Waals surface area contributed by atoms with Gasteiger partial charge in [-0.25, -0.2) is 0 Å². The minimum absolute atomic E-state index is 0.0317. The van der Waals surface area contributed by atoms with Crippen molar-refractivity contribution in [2.45, 2.75) is 232 Å². The topological polar surface area (TPSA) is 111 Å². The van der Waals surface area contributed by atoms with Gasteiger partial charge in [-0.2, -0.15) is 0 Å². The quantitative estimate of drug-likeness (QED) is 0.0196. The van der Waals surface area contributed by atoms with Crippen molar-refractivity contribution >= 4 is 19.8 Å². The molecule has 10 heteroatoms. The zero-order valence-electron chi connectivity index (χ0n) is 39.2. The molecule has 1 unspecified atom stereocenters. The van der Waals surface area contributed by atoms with E-state index in [1.165, 1.54) is 135 Å². The molecule has 0 saturated heterocycles. The van der Waals surface area contributed by atoms with E-state index in [-0.39, 0.29) is 32.0 Å². The molecule has 0 aliphatic rings. The van der Waals surface area contributed by atoms with Crippen LogP contribution in [0.1, 0.15) is 226 Å². The summed E-state index contributed by atoms with van der Waals surface area (Å²) in [6.45, 7) is 4.22. The Labute approximate surface area is 364 Å². The second kappa shape index (κ2) is 41.8. The standard InChI is InChI=1S/C49H94NO8P/c1-6-8-10-12-14-16-18-20-22-23-24-25-26-28-29-31-33-35-37-39-41-48(51)55-45-47(46-57-59(53,54)56-44-43-50(3,4)5)58-49(52)42-40-38-36-34-32-30-27-21-19-17-15-13-11-9-7-2/h15,17,21,27,47H,6-14,16,18-20,22-26,28-46H2,1-5H3/b17-15+,27-21+/t47-/m1/s1. The summed E-state index contributed by atoms with van der Waals surface area (Å²) in [6, 6.07) is 0.